The van der Waals surface area contributed by atoms with Gasteiger partial charge in [0.05, 0.1) is 0 Å². The van der Waals surface area contributed by atoms with E-state index in [0.29, 0.717) is 12.4 Å². The predicted octanol–water partition coefficient (Wildman–Crippen LogP) is 1.28. The molecule has 2 rings (SSSR count). The number of nitrogens with zero attached hydrogens (tertiary/aromatic N) is 4. The van der Waals surface area contributed by atoms with Gasteiger partial charge in [0.1, 0.15) is 6.54 Å². The highest BCUT2D eigenvalue weighted by atomic mass is 16.2. The maximum absolute atomic E-state index is 12.0. The molecule has 0 fully saturated rings. The van der Waals surface area contributed by atoms with Crippen molar-refractivity contribution in [2.75, 3.05) is 6.54 Å². The Balaban J connectivity index is 1.93. The second-order valence-corrected chi connectivity index (χ2v) is 5.65. The van der Waals surface area contributed by atoms with E-state index in [0.717, 1.165) is 24.8 Å². The summed E-state index contributed by atoms with van der Waals surface area (Å²) < 4.78 is 0. The second kappa shape index (κ2) is 8.38. The molecule has 0 radical (unpaired) electrons. The van der Waals surface area contributed by atoms with Crippen molar-refractivity contribution in [2.24, 2.45) is 5.73 Å². The molecule has 1 heterocycles. The van der Waals surface area contributed by atoms with Gasteiger partial charge < -0.3 is 11.1 Å². The zero-order valence-corrected chi connectivity index (χ0v) is 13.7. The van der Waals surface area contributed by atoms with Crippen molar-refractivity contribution < 1.29 is 4.79 Å². The SMILES string of the molecule is CCCCC(CN)NC(=O)Cn1nnc(-c2ccc(C)cc2)n1. The maximum atomic E-state index is 12.0. The number of aromatic nitrogens is 4. The van der Waals surface area contributed by atoms with E-state index in [-0.39, 0.29) is 18.5 Å². The fraction of sp³-hybridized carbons (Fsp3) is 0.500. The first-order chi connectivity index (χ1) is 11.1. The summed E-state index contributed by atoms with van der Waals surface area (Å²) in [6, 6.07) is 7.85. The van der Waals surface area contributed by atoms with Crippen molar-refractivity contribution in [3.63, 3.8) is 0 Å². The van der Waals surface area contributed by atoms with Gasteiger partial charge >= 0.3 is 0 Å². The number of hydrogen-bond donors (Lipinski definition) is 2. The fourth-order valence-electron chi connectivity index (χ4n) is 2.23. The third kappa shape index (κ3) is 5.14. The minimum atomic E-state index is -0.149. The monoisotopic (exact) mass is 316 g/mol. The van der Waals surface area contributed by atoms with Crippen LogP contribution in [-0.2, 0) is 11.3 Å². The molecule has 0 aliphatic heterocycles. The molecule has 1 amide bonds. The first-order valence-electron chi connectivity index (χ1n) is 7.96. The molecule has 0 aliphatic carbocycles. The van der Waals surface area contributed by atoms with Gasteiger partial charge in [-0.25, -0.2) is 0 Å². The molecular weight excluding hydrogens is 292 g/mol. The summed E-state index contributed by atoms with van der Waals surface area (Å²) in [5.41, 5.74) is 7.73. The molecule has 7 heteroatoms. The van der Waals surface area contributed by atoms with Crippen LogP contribution in [-0.4, -0.2) is 38.7 Å². The highest BCUT2D eigenvalue weighted by molar-refractivity contribution is 5.75. The topological polar surface area (TPSA) is 98.7 Å². The molecule has 1 unspecified atom stereocenters. The number of unbranched alkanes of at least 4 members (excludes halogenated alkanes) is 1. The van der Waals surface area contributed by atoms with E-state index in [1.807, 2.05) is 31.2 Å². The number of rotatable bonds is 8. The molecule has 1 aromatic carbocycles. The van der Waals surface area contributed by atoms with E-state index < -0.39 is 0 Å². The van der Waals surface area contributed by atoms with Crippen LogP contribution < -0.4 is 11.1 Å². The second-order valence-electron chi connectivity index (χ2n) is 5.65. The van der Waals surface area contributed by atoms with E-state index in [1.54, 1.807) is 0 Å². The summed E-state index contributed by atoms with van der Waals surface area (Å²) in [7, 11) is 0. The Morgan fingerprint density at radius 1 is 1.35 bits per heavy atom. The van der Waals surface area contributed by atoms with Gasteiger partial charge in [0.25, 0.3) is 0 Å². The van der Waals surface area contributed by atoms with Gasteiger partial charge in [0.2, 0.25) is 11.7 Å². The molecule has 1 aromatic heterocycles. The third-order valence-corrected chi connectivity index (χ3v) is 3.60. The fourth-order valence-corrected chi connectivity index (χ4v) is 2.23. The summed E-state index contributed by atoms with van der Waals surface area (Å²) in [4.78, 5) is 13.3. The number of benzene rings is 1. The number of nitrogens with two attached hydrogens (primary N) is 1. The molecule has 3 N–H and O–H groups in total. The lowest BCUT2D eigenvalue weighted by Gasteiger charge is -2.15. The van der Waals surface area contributed by atoms with Crippen molar-refractivity contribution in [2.45, 2.75) is 45.7 Å². The van der Waals surface area contributed by atoms with Crippen LogP contribution in [0.3, 0.4) is 0 Å². The Bertz CT molecular complexity index is 622. The molecule has 0 bridgehead atoms. The molecule has 7 nitrogen and oxygen atoms in total. The highest BCUT2D eigenvalue weighted by Crippen LogP contribution is 2.13. The number of carbonyl (C=O) groups excluding carboxylic acids is 1. The summed E-state index contributed by atoms with van der Waals surface area (Å²) in [6.45, 7) is 4.61. The van der Waals surface area contributed by atoms with Crippen LogP contribution >= 0.6 is 0 Å². The van der Waals surface area contributed by atoms with Crippen molar-refractivity contribution >= 4 is 5.91 Å². The highest BCUT2D eigenvalue weighted by Gasteiger charge is 2.13. The number of aryl methyl sites for hydroxylation is 1. The molecule has 1 atom stereocenters. The summed E-state index contributed by atoms with van der Waals surface area (Å²) >= 11 is 0. The minimum Gasteiger partial charge on any atom is -0.350 e. The van der Waals surface area contributed by atoms with E-state index in [9.17, 15) is 4.79 Å². The summed E-state index contributed by atoms with van der Waals surface area (Å²) in [6.07, 6.45) is 3.01. The number of carbonyl (C=O) groups is 1. The van der Waals surface area contributed by atoms with Crippen LogP contribution in [0.5, 0.6) is 0 Å². The molecule has 0 spiro atoms. The number of tetrazole rings is 1. The average molecular weight is 316 g/mol. The molecular formula is C16H24N6O. The Hall–Kier alpha value is -2.28. The van der Waals surface area contributed by atoms with E-state index in [4.69, 9.17) is 5.73 Å². The Morgan fingerprint density at radius 3 is 2.74 bits per heavy atom. The van der Waals surface area contributed by atoms with Crippen LogP contribution in [0, 0.1) is 6.92 Å². The number of amides is 1. The lowest BCUT2D eigenvalue weighted by molar-refractivity contribution is -0.122. The molecule has 23 heavy (non-hydrogen) atoms. The van der Waals surface area contributed by atoms with Crippen LogP contribution in [0.25, 0.3) is 11.4 Å². The van der Waals surface area contributed by atoms with Crippen molar-refractivity contribution in [3.8, 4) is 11.4 Å². The zero-order valence-electron chi connectivity index (χ0n) is 13.7. The van der Waals surface area contributed by atoms with Gasteiger partial charge in [-0.3, -0.25) is 4.79 Å². The first-order valence-corrected chi connectivity index (χ1v) is 7.96. The smallest absolute Gasteiger partial charge is 0.243 e. The van der Waals surface area contributed by atoms with Gasteiger partial charge in [-0.05, 0) is 18.6 Å². The minimum absolute atomic E-state index is 0.00235. The average Bonchev–Trinajstić information content (AvgIpc) is 3.00. The van der Waals surface area contributed by atoms with Gasteiger partial charge in [-0.15, -0.1) is 10.2 Å². The van der Waals surface area contributed by atoms with Crippen LogP contribution in [0.4, 0.5) is 0 Å². The van der Waals surface area contributed by atoms with Crippen molar-refractivity contribution in [3.05, 3.63) is 29.8 Å². The summed E-state index contributed by atoms with van der Waals surface area (Å²) in [5.74, 6) is 0.364. The molecule has 0 saturated carbocycles. The lowest BCUT2D eigenvalue weighted by atomic mass is 10.1. The first kappa shape index (κ1) is 17.1. The number of nitrogens with one attached hydrogen (secondary N) is 1. The lowest BCUT2D eigenvalue weighted by Crippen LogP contribution is -2.41. The molecule has 0 aliphatic rings. The molecule has 0 saturated heterocycles. The normalized spacial score (nSPS) is 12.1. The van der Waals surface area contributed by atoms with Crippen LogP contribution in [0.15, 0.2) is 24.3 Å². The van der Waals surface area contributed by atoms with Gasteiger partial charge in [0.15, 0.2) is 0 Å². The largest absolute Gasteiger partial charge is 0.350 e. The molecule has 124 valence electrons. The standard InChI is InChI=1S/C16H24N6O/c1-3-4-5-14(10-17)18-15(23)11-22-20-16(19-21-22)13-8-6-12(2)7-9-13/h6-9,14H,3-5,10-11,17H2,1-2H3,(H,18,23). The Labute approximate surface area is 136 Å². The summed E-state index contributed by atoms with van der Waals surface area (Å²) in [5, 5.41) is 15.1. The van der Waals surface area contributed by atoms with E-state index in [2.05, 4.69) is 27.7 Å². The Morgan fingerprint density at radius 2 is 2.09 bits per heavy atom. The predicted molar refractivity (Wildman–Crippen MR) is 88.5 cm³/mol. The van der Waals surface area contributed by atoms with Crippen molar-refractivity contribution in [1.29, 1.82) is 0 Å². The van der Waals surface area contributed by atoms with Gasteiger partial charge in [-0.1, -0.05) is 49.6 Å². The maximum Gasteiger partial charge on any atom is 0.243 e. The van der Waals surface area contributed by atoms with Gasteiger partial charge in [-0.2, -0.15) is 4.80 Å². The van der Waals surface area contributed by atoms with Gasteiger partial charge in [0, 0.05) is 18.2 Å². The zero-order chi connectivity index (χ0) is 16.7. The van der Waals surface area contributed by atoms with Crippen LogP contribution in [0.1, 0.15) is 31.7 Å². The van der Waals surface area contributed by atoms with Crippen molar-refractivity contribution in [1.82, 2.24) is 25.5 Å². The van der Waals surface area contributed by atoms with E-state index in [1.165, 1.54) is 10.4 Å². The molecule has 2 aromatic rings. The van der Waals surface area contributed by atoms with Crippen LogP contribution in [0.2, 0.25) is 0 Å². The third-order valence-electron chi connectivity index (χ3n) is 3.60. The van der Waals surface area contributed by atoms with E-state index >= 15 is 0 Å². The quantitative estimate of drug-likeness (QED) is 0.764. The Kier molecular flexibility index (Phi) is 6.22. The number of hydrogen-bond acceptors (Lipinski definition) is 5.